The second kappa shape index (κ2) is 8.27. The molecule has 0 aliphatic carbocycles. The summed E-state index contributed by atoms with van der Waals surface area (Å²) in [6.45, 7) is 5.91. The predicted octanol–water partition coefficient (Wildman–Crippen LogP) is 1.11. The second-order valence-corrected chi connectivity index (χ2v) is 2.34. The van der Waals surface area contributed by atoms with Crippen LogP contribution < -0.4 is 5.32 Å². The molecule has 12 heavy (non-hydrogen) atoms. The normalized spacial score (nSPS) is 10.5. The molecule has 0 unspecified atom stereocenters. The van der Waals surface area contributed by atoms with Crippen LogP contribution in [-0.4, -0.2) is 25.7 Å². The van der Waals surface area contributed by atoms with E-state index in [0.717, 1.165) is 13.0 Å². The number of nitrogens with one attached hydrogen (secondary N) is 1. The summed E-state index contributed by atoms with van der Waals surface area (Å²) >= 11 is 0. The Kier molecular flexibility index (Phi) is 7.70. The quantitative estimate of drug-likeness (QED) is 0.480. The molecule has 0 spiro atoms. The Morgan fingerprint density at radius 2 is 2.33 bits per heavy atom. The fraction of sp³-hybridized carbons (Fsp3) is 0.667. The van der Waals surface area contributed by atoms with Gasteiger partial charge in [-0.1, -0.05) is 6.08 Å². The third kappa shape index (κ3) is 7.28. The Bertz CT molecular complexity index is 143. The first-order valence-electron chi connectivity index (χ1n) is 4.29. The van der Waals surface area contributed by atoms with Gasteiger partial charge in [0.25, 0.3) is 0 Å². The number of allylic oxidation sites excluding steroid dienone is 1. The van der Waals surface area contributed by atoms with Crippen LogP contribution in [-0.2, 0) is 9.53 Å². The van der Waals surface area contributed by atoms with Crippen LogP contribution in [0.25, 0.3) is 0 Å². The van der Waals surface area contributed by atoms with Crippen LogP contribution in [0.15, 0.2) is 12.2 Å². The highest BCUT2D eigenvalue weighted by molar-refractivity contribution is 5.87. The lowest BCUT2D eigenvalue weighted by molar-refractivity contribution is -0.116. The first kappa shape index (κ1) is 11.2. The van der Waals surface area contributed by atoms with E-state index in [1.165, 1.54) is 6.08 Å². The molecule has 70 valence electrons. The smallest absolute Gasteiger partial charge is 0.243 e. The van der Waals surface area contributed by atoms with Crippen molar-refractivity contribution >= 4 is 5.91 Å². The summed E-state index contributed by atoms with van der Waals surface area (Å²) in [4.78, 5) is 10.8. The fourth-order valence-electron chi connectivity index (χ4n) is 0.740. The monoisotopic (exact) mass is 171 g/mol. The van der Waals surface area contributed by atoms with Crippen LogP contribution in [0.4, 0.5) is 0 Å². The summed E-state index contributed by atoms with van der Waals surface area (Å²) in [5, 5.41) is 2.74. The molecule has 0 aliphatic rings. The highest BCUT2D eigenvalue weighted by atomic mass is 16.5. The lowest BCUT2D eigenvalue weighted by Gasteiger charge is -2.01. The van der Waals surface area contributed by atoms with Crippen molar-refractivity contribution in [2.24, 2.45) is 0 Å². The molecule has 3 nitrogen and oxygen atoms in total. The molecule has 0 aromatic heterocycles. The van der Waals surface area contributed by atoms with E-state index in [1.54, 1.807) is 6.08 Å². The molecule has 0 aromatic rings. The maximum absolute atomic E-state index is 10.8. The zero-order valence-electron chi connectivity index (χ0n) is 7.80. The number of amides is 1. The van der Waals surface area contributed by atoms with E-state index >= 15 is 0 Å². The van der Waals surface area contributed by atoms with Crippen molar-refractivity contribution in [1.29, 1.82) is 0 Å². The van der Waals surface area contributed by atoms with Crippen LogP contribution in [0.3, 0.4) is 0 Å². The van der Waals surface area contributed by atoms with E-state index < -0.39 is 0 Å². The molecule has 1 amide bonds. The molecule has 0 atom stereocenters. The van der Waals surface area contributed by atoms with Gasteiger partial charge in [0.05, 0.1) is 0 Å². The Morgan fingerprint density at radius 3 is 2.92 bits per heavy atom. The molecular formula is C9H17NO2. The Labute approximate surface area is 73.8 Å². The number of rotatable bonds is 6. The molecule has 0 saturated carbocycles. The third-order valence-electron chi connectivity index (χ3n) is 1.29. The van der Waals surface area contributed by atoms with Crippen LogP contribution in [0.1, 0.15) is 20.3 Å². The minimum atomic E-state index is -0.0333. The maximum atomic E-state index is 10.8. The van der Waals surface area contributed by atoms with Crippen molar-refractivity contribution in [3.05, 3.63) is 12.2 Å². The molecular weight excluding hydrogens is 154 g/mol. The fourth-order valence-corrected chi connectivity index (χ4v) is 0.740. The number of carbonyl (C=O) groups is 1. The van der Waals surface area contributed by atoms with Crippen LogP contribution in [0, 0.1) is 0 Å². The summed E-state index contributed by atoms with van der Waals surface area (Å²) in [5.41, 5.74) is 0. The highest BCUT2D eigenvalue weighted by Gasteiger charge is 1.92. The summed E-state index contributed by atoms with van der Waals surface area (Å²) in [7, 11) is 0. The van der Waals surface area contributed by atoms with Gasteiger partial charge in [-0.3, -0.25) is 4.79 Å². The molecule has 0 saturated heterocycles. The van der Waals surface area contributed by atoms with E-state index in [1.807, 2.05) is 13.8 Å². The molecule has 1 N–H and O–H groups in total. The third-order valence-corrected chi connectivity index (χ3v) is 1.29. The first-order valence-corrected chi connectivity index (χ1v) is 4.29. The van der Waals surface area contributed by atoms with Crippen LogP contribution in [0.5, 0.6) is 0 Å². The average Bonchev–Trinajstić information content (AvgIpc) is 2.05. The van der Waals surface area contributed by atoms with Gasteiger partial charge < -0.3 is 10.1 Å². The van der Waals surface area contributed by atoms with E-state index in [0.29, 0.717) is 13.2 Å². The Hall–Kier alpha value is -0.830. The van der Waals surface area contributed by atoms with Gasteiger partial charge in [-0.25, -0.2) is 0 Å². The van der Waals surface area contributed by atoms with Crippen LogP contribution >= 0.6 is 0 Å². The Balaban J connectivity index is 3.14. The van der Waals surface area contributed by atoms with Gasteiger partial charge in [0.2, 0.25) is 5.91 Å². The van der Waals surface area contributed by atoms with Gasteiger partial charge >= 0.3 is 0 Å². The van der Waals surface area contributed by atoms with Crippen molar-refractivity contribution < 1.29 is 9.53 Å². The first-order chi connectivity index (χ1) is 5.81. The van der Waals surface area contributed by atoms with Gasteiger partial charge in [0, 0.05) is 19.8 Å². The maximum Gasteiger partial charge on any atom is 0.243 e. The number of carbonyl (C=O) groups excluding carboxylic acids is 1. The molecule has 0 rings (SSSR count). The minimum absolute atomic E-state index is 0.0333. The molecule has 0 aliphatic heterocycles. The summed E-state index contributed by atoms with van der Waals surface area (Å²) < 4.78 is 5.11. The summed E-state index contributed by atoms with van der Waals surface area (Å²) in [6, 6.07) is 0. The minimum Gasteiger partial charge on any atom is -0.382 e. The van der Waals surface area contributed by atoms with Crippen LogP contribution in [0.2, 0.25) is 0 Å². The van der Waals surface area contributed by atoms with Gasteiger partial charge in [-0.15, -0.1) is 0 Å². The topological polar surface area (TPSA) is 38.3 Å². The molecule has 0 fully saturated rings. The largest absolute Gasteiger partial charge is 0.382 e. The van der Waals surface area contributed by atoms with E-state index in [9.17, 15) is 4.79 Å². The zero-order valence-corrected chi connectivity index (χ0v) is 7.80. The lowest BCUT2D eigenvalue weighted by atomic mass is 10.4. The van der Waals surface area contributed by atoms with Gasteiger partial charge in [-0.2, -0.15) is 0 Å². The number of hydrogen-bond acceptors (Lipinski definition) is 2. The van der Waals surface area contributed by atoms with E-state index in [4.69, 9.17) is 4.74 Å². The zero-order chi connectivity index (χ0) is 9.23. The lowest BCUT2D eigenvalue weighted by Crippen LogP contribution is -2.23. The van der Waals surface area contributed by atoms with Gasteiger partial charge in [0.15, 0.2) is 0 Å². The van der Waals surface area contributed by atoms with E-state index in [2.05, 4.69) is 5.32 Å². The number of hydrogen-bond donors (Lipinski definition) is 1. The molecule has 0 bridgehead atoms. The van der Waals surface area contributed by atoms with Gasteiger partial charge in [0.1, 0.15) is 0 Å². The van der Waals surface area contributed by atoms with E-state index in [-0.39, 0.29) is 5.91 Å². The van der Waals surface area contributed by atoms with Crippen molar-refractivity contribution in [3.63, 3.8) is 0 Å². The Morgan fingerprint density at radius 1 is 1.58 bits per heavy atom. The summed E-state index contributed by atoms with van der Waals surface area (Å²) in [5.74, 6) is -0.0333. The average molecular weight is 171 g/mol. The number of ether oxygens (including phenoxy) is 1. The van der Waals surface area contributed by atoms with Crippen molar-refractivity contribution in [3.8, 4) is 0 Å². The van der Waals surface area contributed by atoms with Crippen molar-refractivity contribution in [1.82, 2.24) is 5.32 Å². The standard InChI is InChI=1S/C9H17NO2/c1-3-6-9(11)10-7-5-8-12-4-2/h3,6H,4-5,7-8H2,1-2H3,(H,10,11). The molecule has 0 radical (unpaired) electrons. The van der Waals surface area contributed by atoms with Crippen molar-refractivity contribution in [2.75, 3.05) is 19.8 Å². The second-order valence-electron chi connectivity index (χ2n) is 2.34. The molecule has 0 aromatic carbocycles. The van der Waals surface area contributed by atoms with Gasteiger partial charge in [-0.05, 0) is 26.3 Å². The predicted molar refractivity (Wildman–Crippen MR) is 48.9 cm³/mol. The van der Waals surface area contributed by atoms with Crippen molar-refractivity contribution in [2.45, 2.75) is 20.3 Å². The highest BCUT2D eigenvalue weighted by Crippen LogP contribution is 1.80. The summed E-state index contributed by atoms with van der Waals surface area (Å²) in [6.07, 6.45) is 4.11. The SMILES string of the molecule is CC=CC(=O)NCCCOCC. The molecule has 0 heterocycles. The molecule has 3 heteroatoms.